The largest absolute Gasteiger partial charge is 0.493 e. The molecule has 0 saturated heterocycles. The zero-order valence-corrected chi connectivity index (χ0v) is 11.0. The number of hydrogen-bond donors (Lipinski definition) is 0. The van der Waals surface area contributed by atoms with Gasteiger partial charge in [0, 0.05) is 12.3 Å². The Morgan fingerprint density at radius 3 is 2.83 bits per heavy atom. The third kappa shape index (κ3) is 2.57. The maximum absolute atomic E-state index is 8.81. The van der Waals surface area contributed by atoms with Crippen molar-refractivity contribution >= 4 is 15.9 Å². The highest BCUT2D eigenvalue weighted by Crippen LogP contribution is 2.33. The second-order valence-corrected chi connectivity index (χ2v) is 4.11. The minimum absolute atomic E-state index is 0.382. The fourth-order valence-corrected chi connectivity index (χ4v) is 1.60. The molecule has 1 heterocycles. The standard InChI is InChI=1S/C12H8BrN3O2/c1-17-11-4-8(5-14)2-3-10(11)18-12-9(13)6-15-7-16-12/h2-4,6-7H,1H3. The molecule has 18 heavy (non-hydrogen) atoms. The summed E-state index contributed by atoms with van der Waals surface area (Å²) in [6, 6.07) is 6.94. The summed E-state index contributed by atoms with van der Waals surface area (Å²) in [4.78, 5) is 7.83. The van der Waals surface area contributed by atoms with Gasteiger partial charge in [-0.3, -0.25) is 0 Å². The van der Waals surface area contributed by atoms with Crippen LogP contribution in [0, 0.1) is 11.3 Å². The predicted octanol–water partition coefficient (Wildman–Crippen LogP) is 2.91. The van der Waals surface area contributed by atoms with Gasteiger partial charge in [-0.15, -0.1) is 0 Å². The van der Waals surface area contributed by atoms with Gasteiger partial charge in [0.05, 0.1) is 23.2 Å². The molecule has 0 aliphatic heterocycles. The van der Waals surface area contributed by atoms with E-state index in [-0.39, 0.29) is 0 Å². The van der Waals surface area contributed by atoms with E-state index in [1.165, 1.54) is 13.4 Å². The lowest BCUT2D eigenvalue weighted by Crippen LogP contribution is -1.94. The molecule has 0 fully saturated rings. The van der Waals surface area contributed by atoms with Gasteiger partial charge in [0.1, 0.15) is 6.33 Å². The lowest BCUT2D eigenvalue weighted by molar-refractivity contribution is 0.373. The minimum Gasteiger partial charge on any atom is -0.493 e. The molecule has 0 atom stereocenters. The number of benzene rings is 1. The molecule has 2 rings (SSSR count). The molecule has 0 unspecified atom stereocenters. The summed E-state index contributed by atoms with van der Waals surface area (Å²) in [6.07, 6.45) is 2.97. The summed E-state index contributed by atoms with van der Waals surface area (Å²) in [5, 5.41) is 8.81. The van der Waals surface area contributed by atoms with Gasteiger partial charge < -0.3 is 9.47 Å². The SMILES string of the molecule is COc1cc(C#N)ccc1Oc1ncncc1Br. The van der Waals surface area contributed by atoms with Gasteiger partial charge >= 0.3 is 0 Å². The molecule has 0 radical (unpaired) electrons. The molecule has 0 aliphatic rings. The van der Waals surface area contributed by atoms with Crippen molar-refractivity contribution in [2.24, 2.45) is 0 Å². The summed E-state index contributed by atoms with van der Waals surface area (Å²) in [6.45, 7) is 0. The third-order valence-electron chi connectivity index (χ3n) is 2.13. The van der Waals surface area contributed by atoms with Crippen LogP contribution >= 0.6 is 15.9 Å². The van der Waals surface area contributed by atoms with Crippen LogP contribution in [0.1, 0.15) is 5.56 Å². The van der Waals surface area contributed by atoms with Crippen LogP contribution < -0.4 is 9.47 Å². The molecule has 1 aromatic carbocycles. The van der Waals surface area contributed by atoms with E-state index in [2.05, 4.69) is 25.9 Å². The Morgan fingerprint density at radius 2 is 2.17 bits per heavy atom. The normalized spacial score (nSPS) is 9.61. The smallest absolute Gasteiger partial charge is 0.236 e. The first-order valence-electron chi connectivity index (χ1n) is 4.96. The van der Waals surface area contributed by atoms with E-state index >= 15 is 0 Å². The van der Waals surface area contributed by atoms with Crippen molar-refractivity contribution in [3.8, 4) is 23.4 Å². The number of aromatic nitrogens is 2. The van der Waals surface area contributed by atoms with Crippen LogP contribution in [0.15, 0.2) is 35.2 Å². The fraction of sp³-hybridized carbons (Fsp3) is 0.0833. The van der Waals surface area contributed by atoms with Crippen LogP contribution in [0.5, 0.6) is 17.4 Å². The Bertz CT molecular complexity index is 611. The van der Waals surface area contributed by atoms with Gasteiger partial charge in [-0.2, -0.15) is 5.26 Å². The summed E-state index contributed by atoms with van der Waals surface area (Å²) in [5.74, 6) is 1.34. The summed E-state index contributed by atoms with van der Waals surface area (Å²) in [5.41, 5.74) is 0.501. The van der Waals surface area contributed by atoms with Gasteiger partial charge in [0.15, 0.2) is 11.5 Å². The molecule has 0 N–H and O–H groups in total. The molecule has 1 aromatic heterocycles. The van der Waals surface area contributed by atoms with E-state index in [0.29, 0.717) is 27.4 Å². The Morgan fingerprint density at radius 1 is 1.33 bits per heavy atom. The second-order valence-electron chi connectivity index (χ2n) is 3.26. The van der Waals surface area contributed by atoms with Crippen LogP contribution in [0.25, 0.3) is 0 Å². The summed E-state index contributed by atoms with van der Waals surface area (Å²) >= 11 is 3.29. The van der Waals surface area contributed by atoms with E-state index in [4.69, 9.17) is 14.7 Å². The highest BCUT2D eigenvalue weighted by Gasteiger charge is 2.09. The molecule has 2 aromatic rings. The Labute approximate surface area is 112 Å². The molecular weight excluding hydrogens is 298 g/mol. The molecule has 90 valence electrons. The minimum atomic E-state index is 0.382. The summed E-state index contributed by atoms with van der Waals surface area (Å²) in [7, 11) is 1.51. The lowest BCUT2D eigenvalue weighted by atomic mass is 10.2. The predicted molar refractivity (Wildman–Crippen MR) is 67.5 cm³/mol. The van der Waals surface area contributed by atoms with Crippen LogP contribution in [0.3, 0.4) is 0 Å². The van der Waals surface area contributed by atoms with Gasteiger partial charge in [0.2, 0.25) is 5.88 Å². The molecule has 5 nitrogen and oxygen atoms in total. The van der Waals surface area contributed by atoms with Crippen molar-refractivity contribution in [2.75, 3.05) is 7.11 Å². The van der Waals surface area contributed by atoms with Gasteiger partial charge in [-0.25, -0.2) is 9.97 Å². The van der Waals surface area contributed by atoms with E-state index in [9.17, 15) is 0 Å². The molecule has 0 bridgehead atoms. The van der Waals surface area contributed by atoms with Gasteiger partial charge in [0.25, 0.3) is 0 Å². The number of hydrogen-bond acceptors (Lipinski definition) is 5. The van der Waals surface area contributed by atoms with Crippen molar-refractivity contribution in [3.05, 3.63) is 40.8 Å². The van der Waals surface area contributed by atoms with E-state index in [1.54, 1.807) is 24.4 Å². The number of nitriles is 1. The average Bonchev–Trinajstić information content (AvgIpc) is 2.41. The Kier molecular flexibility index (Phi) is 3.75. The van der Waals surface area contributed by atoms with Crippen LogP contribution in [-0.4, -0.2) is 17.1 Å². The first kappa shape index (κ1) is 12.3. The first-order chi connectivity index (χ1) is 8.74. The van der Waals surface area contributed by atoms with Crippen LogP contribution in [0.2, 0.25) is 0 Å². The number of ether oxygens (including phenoxy) is 2. The number of halogens is 1. The maximum Gasteiger partial charge on any atom is 0.236 e. The number of nitrogens with zero attached hydrogens (tertiary/aromatic N) is 3. The van der Waals surface area contributed by atoms with Crippen molar-refractivity contribution in [1.82, 2.24) is 9.97 Å². The average molecular weight is 306 g/mol. The highest BCUT2D eigenvalue weighted by atomic mass is 79.9. The van der Waals surface area contributed by atoms with Crippen molar-refractivity contribution in [1.29, 1.82) is 5.26 Å². The zero-order chi connectivity index (χ0) is 13.0. The van der Waals surface area contributed by atoms with E-state index in [0.717, 1.165) is 0 Å². The molecule has 6 heteroatoms. The number of methoxy groups -OCH3 is 1. The Balaban J connectivity index is 2.35. The number of rotatable bonds is 3. The molecule has 0 saturated carbocycles. The monoisotopic (exact) mass is 305 g/mol. The van der Waals surface area contributed by atoms with Crippen LogP contribution in [-0.2, 0) is 0 Å². The first-order valence-corrected chi connectivity index (χ1v) is 5.75. The topological polar surface area (TPSA) is 68.0 Å². The zero-order valence-electron chi connectivity index (χ0n) is 9.42. The Hall–Kier alpha value is -2.13. The van der Waals surface area contributed by atoms with Crippen LogP contribution in [0.4, 0.5) is 0 Å². The lowest BCUT2D eigenvalue weighted by Gasteiger charge is -2.10. The molecule has 0 amide bonds. The summed E-state index contributed by atoms with van der Waals surface area (Å²) < 4.78 is 11.4. The quantitative estimate of drug-likeness (QED) is 0.872. The van der Waals surface area contributed by atoms with Crippen molar-refractivity contribution in [3.63, 3.8) is 0 Å². The second kappa shape index (κ2) is 5.47. The van der Waals surface area contributed by atoms with Crippen molar-refractivity contribution < 1.29 is 9.47 Å². The fourth-order valence-electron chi connectivity index (χ4n) is 1.30. The highest BCUT2D eigenvalue weighted by molar-refractivity contribution is 9.10. The molecule has 0 spiro atoms. The van der Waals surface area contributed by atoms with Gasteiger partial charge in [-0.1, -0.05) is 0 Å². The maximum atomic E-state index is 8.81. The van der Waals surface area contributed by atoms with E-state index < -0.39 is 0 Å². The van der Waals surface area contributed by atoms with Gasteiger partial charge in [-0.05, 0) is 28.1 Å². The van der Waals surface area contributed by atoms with E-state index in [1.807, 2.05) is 6.07 Å². The molecular formula is C12H8BrN3O2. The van der Waals surface area contributed by atoms with Crippen molar-refractivity contribution in [2.45, 2.75) is 0 Å². The molecule has 0 aliphatic carbocycles. The third-order valence-corrected chi connectivity index (χ3v) is 2.68.